The minimum atomic E-state index is -4.63. The van der Waals surface area contributed by atoms with Crippen LogP contribution in [0.25, 0.3) is 0 Å². The van der Waals surface area contributed by atoms with Gasteiger partial charge in [-0.3, -0.25) is 0 Å². The largest absolute Gasteiger partial charge is 0.506 e. The van der Waals surface area contributed by atoms with Gasteiger partial charge in [-0.15, -0.1) is 0 Å². The first-order valence-electron chi connectivity index (χ1n) is 13.9. The number of urea groups is 2. The minimum Gasteiger partial charge on any atom is -0.506 e. The summed E-state index contributed by atoms with van der Waals surface area (Å²) in [5.41, 5.74) is -0.984. The van der Waals surface area contributed by atoms with Gasteiger partial charge in [-0.1, -0.05) is 41.7 Å². The number of anilines is 4. The molecular weight excluding hydrogens is 752 g/mol. The fraction of sp³-hybridized carbons (Fsp3) is 0.161. The van der Waals surface area contributed by atoms with Gasteiger partial charge in [0.2, 0.25) is 0 Å². The predicted molar refractivity (Wildman–Crippen MR) is 185 cm³/mol. The number of sulfone groups is 1. The standard InChI is InChI=1S/C16H14ClF3N2O4S.C15H14Cl2N2O4/c1-2-27(25,26)10-4-6-14(23)13(8-10)22-15(24)21-12-7-9(16(18,19)20)3-5-11(12)17;1-22-8-3-5-10(12(7-8)23-2)18-15(21)19-11-6-4-9(16)13(17)14(11)20/h3-8,23H,2H2,1H3,(H2,21,22,24);3-7,20H,1-2H3,(H2,18,19,21). The fourth-order valence-electron chi connectivity index (χ4n) is 3.87. The summed E-state index contributed by atoms with van der Waals surface area (Å²) in [7, 11) is -0.586. The van der Waals surface area contributed by atoms with E-state index in [0.717, 1.165) is 24.3 Å². The molecule has 0 atom stereocenters. The van der Waals surface area contributed by atoms with Crippen LogP contribution < -0.4 is 30.7 Å². The summed E-state index contributed by atoms with van der Waals surface area (Å²) in [4.78, 5) is 24.0. The highest BCUT2D eigenvalue weighted by molar-refractivity contribution is 7.91. The lowest BCUT2D eigenvalue weighted by Gasteiger charge is -2.13. The summed E-state index contributed by atoms with van der Waals surface area (Å²) in [5.74, 6) is 0.0997. The van der Waals surface area contributed by atoms with Gasteiger partial charge < -0.3 is 41.0 Å². The number of aromatic hydroxyl groups is 2. The van der Waals surface area contributed by atoms with Crippen LogP contribution in [0, 0.1) is 0 Å². The molecule has 4 aromatic carbocycles. The summed E-state index contributed by atoms with van der Waals surface area (Å²) < 4.78 is 72.3. The van der Waals surface area contributed by atoms with Crippen LogP contribution in [0.1, 0.15) is 12.5 Å². The number of ether oxygens (including phenoxy) is 2. The fourth-order valence-corrected chi connectivity index (χ4v) is 5.26. The lowest BCUT2D eigenvalue weighted by atomic mass is 10.2. The first-order valence-corrected chi connectivity index (χ1v) is 16.7. The molecule has 19 heteroatoms. The molecule has 0 radical (unpaired) electrons. The Morgan fingerprint density at radius 3 is 1.92 bits per heavy atom. The second-order valence-electron chi connectivity index (χ2n) is 9.76. The van der Waals surface area contributed by atoms with E-state index in [1.165, 1.54) is 39.3 Å². The Hall–Kier alpha value is -4.77. The Morgan fingerprint density at radius 2 is 1.32 bits per heavy atom. The van der Waals surface area contributed by atoms with Crippen LogP contribution in [0.15, 0.2) is 71.6 Å². The molecule has 50 heavy (non-hydrogen) atoms. The number of rotatable bonds is 8. The zero-order valence-electron chi connectivity index (χ0n) is 26.1. The minimum absolute atomic E-state index is 0.0357. The van der Waals surface area contributed by atoms with Gasteiger partial charge in [-0.05, 0) is 60.7 Å². The van der Waals surface area contributed by atoms with E-state index in [4.69, 9.17) is 44.3 Å². The van der Waals surface area contributed by atoms with E-state index >= 15 is 0 Å². The summed E-state index contributed by atoms with van der Waals surface area (Å²) in [6.07, 6.45) is -4.63. The molecule has 0 saturated heterocycles. The van der Waals surface area contributed by atoms with Crippen LogP contribution >= 0.6 is 34.8 Å². The molecule has 0 saturated carbocycles. The summed E-state index contributed by atoms with van der Waals surface area (Å²) in [5, 5.41) is 29.0. The van der Waals surface area contributed by atoms with Gasteiger partial charge in [0.25, 0.3) is 0 Å². The third kappa shape index (κ3) is 10.4. The molecule has 0 fully saturated rings. The van der Waals surface area contributed by atoms with Gasteiger partial charge in [0.15, 0.2) is 15.6 Å². The lowest BCUT2D eigenvalue weighted by Crippen LogP contribution is -2.20. The first kappa shape index (κ1) is 39.7. The number of phenolic OH excluding ortho intramolecular Hbond substituents is 2. The average molecular weight is 780 g/mol. The maximum atomic E-state index is 12.8. The predicted octanol–water partition coefficient (Wildman–Crippen LogP) is 8.86. The maximum absolute atomic E-state index is 12.8. The summed E-state index contributed by atoms with van der Waals surface area (Å²) >= 11 is 17.4. The van der Waals surface area contributed by atoms with Crippen LogP contribution in [-0.4, -0.2) is 50.7 Å². The molecule has 4 aromatic rings. The SMILES string of the molecule is CCS(=O)(=O)c1ccc(O)c(NC(=O)Nc2cc(C(F)(F)F)ccc2Cl)c1.COc1ccc(NC(=O)Nc2ccc(Cl)c(Cl)c2O)c(OC)c1. The molecule has 0 aliphatic carbocycles. The molecule has 12 nitrogen and oxygen atoms in total. The number of benzene rings is 4. The Balaban J connectivity index is 0.000000274. The van der Waals surface area contributed by atoms with E-state index in [0.29, 0.717) is 23.3 Å². The zero-order chi connectivity index (χ0) is 37.4. The number of nitrogens with one attached hydrogen (secondary N) is 4. The third-order valence-electron chi connectivity index (χ3n) is 6.47. The van der Waals surface area contributed by atoms with E-state index in [1.54, 1.807) is 18.2 Å². The van der Waals surface area contributed by atoms with Gasteiger partial charge >= 0.3 is 18.2 Å². The molecule has 0 bridgehead atoms. The molecular formula is C31H28Cl3F3N4O8S. The van der Waals surface area contributed by atoms with Crippen LogP contribution in [0.3, 0.4) is 0 Å². The van der Waals surface area contributed by atoms with Gasteiger partial charge in [-0.25, -0.2) is 18.0 Å². The Kier molecular flexibility index (Phi) is 13.3. The first-order chi connectivity index (χ1) is 23.4. The second-order valence-corrected chi connectivity index (χ2v) is 13.2. The van der Waals surface area contributed by atoms with Crippen molar-refractivity contribution in [3.8, 4) is 23.0 Å². The van der Waals surface area contributed by atoms with Crippen molar-refractivity contribution in [1.29, 1.82) is 0 Å². The van der Waals surface area contributed by atoms with Crippen molar-refractivity contribution in [2.45, 2.75) is 18.0 Å². The summed E-state index contributed by atoms with van der Waals surface area (Å²) in [6.45, 7) is 1.43. The van der Waals surface area contributed by atoms with Crippen molar-refractivity contribution in [2.75, 3.05) is 41.2 Å². The Morgan fingerprint density at radius 1 is 0.740 bits per heavy atom. The van der Waals surface area contributed by atoms with Gasteiger partial charge in [0.1, 0.15) is 22.3 Å². The number of amides is 4. The molecule has 6 N–H and O–H groups in total. The number of alkyl halides is 3. The Labute approximate surface area is 299 Å². The second kappa shape index (κ2) is 16.8. The molecule has 0 spiro atoms. The van der Waals surface area contributed by atoms with Crippen LogP contribution in [-0.2, 0) is 16.0 Å². The van der Waals surface area contributed by atoms with Crippen molar-refractivity contribution in [3.05, 3.63) is 87.4 Å². The summed E-state index contributed by atoms with van der Waals surface area (Å²) in [6, 6.07) is 11.9. The lowest BCUT2D eigenvalue weighted by molar-refractivity contribution is -0.137. The number of carbonyl (C=O) groups excluding carboxylic acids is 2. The average Bonchev–Trinajstić information content (AvgIpc) is 3.06. The smallest absolute Gasteiger partial charge is 0.416 e. The van der Waals surface area contributed by atoms with Crippen molar-refractivity contribution in [2.24, 2.45) is 0 Å². The number of phenols is 2. The highest BCUT2D eigenvalue weighted by Crippen LogP contribution is 2.38. The van der Waals surface area contributed by atoms with Crippen molar-refractivity contribution < 1.29 is 50.9 Å². The number of hydrogen-bond donors (Lipinski definition) is 6. The third-order valence-corrected chi connectivity index (χ3v) is 9.33. The quantitative estimate of drug-likeness (QED) is 0.0962. The topological polar surface area (TPSA) is 175 Å². The van der Waals surface area contributed by atoms with Gasteiger partial charge in [0.05, 0.1) is 63.2 Å². The molecule has 0 heterocycles. The van der Waals surface area contributed by atoms with Crippen molar-refractivity contribution >= 4 is 79.5 Å². The van der Waals surface area contributed by atoms with Gasteiger partial charge in [-0.2, -0.15) is 13.2 Å². The highest BCUT2D eigenvalue weighted by Gasteiger charge is 2.31. The molecule has 0 aromatic heterocycles. The van der Waals surface area contributed by atoms with E-state index in [1.807, 2.05) is 0 Å². The van der Waals surface area contributed by atoms with Crippen molar-refractivity contribution in [1.82, 2.24) is 0 Å². The monoisotopic (exact) mass is 778 g/mol. The molecule has 4 rings (SSSR count). The molecule has 0 unspecified atom stereocenters. The van der Waals surface area contributed by atoms with E-state index in [2.05, 4.69) is 21.3 Å². The Bertz CT molecular complexity index is 2000. The van der Waals surface area contributed by atoms with Crippen LogP contribution in [0.4, 0.5) is 45.5 Å². The molecule has 0 aliphatic heterocycles. The maximum Gasteiger partial charge on any atom is 0.416 e. The highest BCUT2D eigenvalue weighted by atomic mass is 35.5. The zero-order valence-corrected chi connectivity index (χ0v) is 29.2. The van der Waals surface area contributed by atoms with Crippen LogP contribution in [0.2, 0.25) is 15.1 Å². The van der Waals surface area contributed by atoms with Gasteiger partial charge in [0, 0.05) is 6.07 Å². The van der Waals surface area contributed by atoms with E-state index in [9.17, 15) is 41.4 Å². The molecule has 0 aliphatic rings. The van der Waals surface area contributed by atoms with E-state index in [-0.39, 0.29) is 48.5 Å². The number of methoxy groups -OCH3 is 2. The number of carbonyl (C=O) groups is 2. The number of hydrogen-bond acceptors (Lipinski definition) is 8. The number of halogens is 6. The van der Waals surface area contributed by atoms with E-state index < -0.39 is 39.4 Å². The molecule has 268 valence electrons. The van der Waals surface area contributed by atoms with Crippen molar-refractivity contribution in [3.63, 3.8) is 0 Å². The normalized spacial score (nSPS) is 11.1. The van der Waals surface area contributed by atoms with Crippen LogP contribution in [0.5, 0.6) is 23.0 Å². The molecule has 4 amide bonds.